The zero-order chi connectivity index (χ0) is 18.2. The van der Waals surface area contributed by atoms with E-state index >= 15 is 0 Å². The highest BCUT2D eigenvalue weighted by Gasteiger charge is 2.15. The van der Waals surface area contributed by atoms with Crippen LogP contribution in [0, 0.1) is 0 Å². The second-order valence-electron chi connectivity index (χ2n) is 5.44. The van der Waals surface area contributed by atoms with Gasteiger partial charge in [0.15, 0.2) is 0 Å². The minimum atomic E-state index is -2.48. The molecule has 0 aliphatic heterocycles. The normalized spacial score (nSPS) is 12.2. The Morgan fingerprint density at radius 3 is 2.16 bits per heavy atom. The van der Waals surface area contributed by atoms with Crippen LogP contribution < -0.4 is 4.74 Å². The van der Waals surface area contributed by atoms with Gasteiger partial charge in [0.1, 0.15) is 12.4 Å². The molecule has 0 fully saturated rings. The molecule has 1 unspecified atom stereocenters. The lowest BCUT2D eigenvalue weighted by Gasteiger charge is -2.16. The molecule has 6 heteroatoms. The minimum absolute atomic E-state index is 0.0199. The summed E-state index contributed by atoms with van der Waals surface area (Å²) in [5.74, 6) is -0.321. The Balaban J connectivity index is 1.96. The maximum atomic E-state index is 12.5. The number of halogens is 2. The highest BCUT2D eigenvalue weighted by atomic mass is 19.3. The largest absolute Gasteiger partial charge is 0.489 e. The van der Waals surface area contributed by atoms with E-state index in [-0.39, 0.29) is 18.6 Å². The molecule has 0 spiro atoms. The van der Waals surface area contributed by atoms with Crippen LogP contribution in [0.2, 0.25) is 0 Å². The number of hydrogen-bond acceptors (Lipinski definition) is 3. The van der Waals surface area contributed by atoms with Crippen LogP contribution in [0.4, 0.5) is 8.78 Å². The van der Waals surface area contributed by atoms with Crippen molar-refractivity contribution in [2.75, 3.05) is 6.61 Å². The van der Waals surface area contributed by atoms with Crippen molar-refractivity contribution >= 4 is 5.97 Å². The van der Waals surface area contributed by atoms with E-state index in [1.165, 1.54) is 12.1 Å². The van der Waals surface area contributed by atoms with Crippen molar-refractivity contribution in [3.63, 3.8) is 0 Å². The third-order valence-electron chi connectivity index (χ3n) is 3.62. The maximum absolute atomic E-state index is 12.5. The van der Waals surface area contributed by atoms with Crippen LogP contribution in [0.25, 0.3) is 0 Å². The fourth-order valence-corrected chi connectivity index (χ4v) is 2.34. The molecule has 2 rings (SSSR count). The lowest BCUT2D eigenvalue weighted by atomic mass is 10.1. The van der Waals surface area contributed by atoms with Crippen molar-refractivity contribution in [3.05, 3.63) is 65.2 Å². The first-order chi connectivity index (χ1) is 12.0. The number of alkyl halides is 2. The van der Waals surface area contributed by atoms with E-state index in [1.807, 2.05) is 6.92 Å². The number of ether oxygens (including phenoxy) is 2. The van der Waals surface area contributed by atoms with Gasteiger partial charge in [-0.1, -0.05) is 36.4 Å². The standard InChI is InChI=1S/C19H20F2O4/c1-2-24-17(11-18(22)23)14-7-9-16(10-8-14)25-12-13-3-5-15(6-4-13)19(20)21/h3-10,17,19H,2,11-12H2,1H3,(H,22,23). The number of aliphatic carboxylic acids is 1. The molecule has 25 heavy (non-hydrogen) atoms. The highest BCUT2D eigenvalue weighted by molar-refractivity contribution is 5.67. The second-order valence-corrected chi connectivity index (χ2v) is 5.44. The van der Waals surface area contributed by atoms with E-state index in [0.717, 1.165) is 11.1 Å². The molecule has 2 aromatic rings. The van der Waals surface area contributed by atoms with E-state index in [0.29, 0.717) is 12.4 Å². The first-order valence-corrected chi connectivity index (χ1v) is 7.92. The quantitative estimate of drug-likeness (QED) is 0.709. The van der Waals surface area contributed by atoms with Gasteiger partial charge in [-0.3, -0.25) is 4.79 Å². The van der Waals surface area contributed by atoms with Crippen molar-refractivity contribution in [1.29, 1.82) is 0 Å². The Kier molecular flexibility index (Phi) is 6.89. The van der Waals surface area contributed by atoms with Crippen molar-refractivity contribution in [1.82, 2.24) is 0 Å². The topological polar surface area (TPSA) is 55.8 Å². The number of benzene rings is 2. The average Bonchev–Trinajstić information content (AvgIpc) is 2.60. The summed E-state index contributed by atoms with van der Waals surface area (Å²) < 4.78 is 36.1. The lowest BCUT2D eigenvalue weighted by molar-refractivity contribution is -0.140. The first-order valence-electron chi connectivity index (χ1n) is 7.92. The zero-order valence-corrected chi connectivity index (χ0v) is 13.8. The van der Waals surface area contributed by atoms with E-state index in [1.54, 1.807) is 36.4 Å². The summed E-state index contributed by atoms with van der Waals surface area (Å²) in [7, 11) is 0. The summed E-state index contributed by atoms with van der Waals surface area (Å²) in [4.78, 5) is 10.9. The van der Waals surface area contributed by atoms with E-state index in [2.05, 4.69) is 0 Å². The molecule has 0 aliphatic rings. The molecule has 0 radical (unpaired) electrons. The summed E-state index contributed by atoms with van der Waals surface area (Å²) in [6.45, 7) is 2.49. The molecular formula is C19H20F2O4. The maximum Gasteiger partial charge on any atom is 0.306 e. The monoisotopic (exact) mass is 350 g/mol. The summed E-state index contributed by atoms with van der Waals surface area (Å²) in [5, 5.41) is 8.94. The molecule has 0 heterocycles. The molecule has 2 aromatic carbocycles. The molecule has 1 N–H and O–H groups in total. The molecule has 0 bridgehead atoms. The SMILES string of the molecule is CCOC(CC(=O)O)c1ccc(OCc2ccc(C(F)F)cc2)cc1. The van der Waals surface area contributed by atoms with Crippen LogP contribution in [0.5, 0.6) is 5.75 Å². The van der Waals surface area contributed by atoms with Crippen LogP contribution in [0.15, 0.2) is 48.5 Å². The summed E-state index contributed by atoms with van der Waals surface area (Å²) >= 11 is 0. The molecular weight excluding hydrogens is 330 g/mol. The number of carboxylic acids is 1. The van der Waals surface area contributed by atoms with Crippen molar-refractivity contribution in [2.45, 2.75) is 32.5 Å². The predicted molar refractivity (Wildman–Crippen MR) is 88.8 cm³/mol. The fraction of sp³-hybridized carbons (Fsp3) is 0.316. The smallest absolute Gasteiger partial charge is 0.306 e. The highest BCUT2D eigenvalue weighted by Crippen LogP contribution is 2.24. The first kappa shape index (κ1) is 18.9. The summed E-state index contributed by atoms with van der Waals surface area (Å²) in [5.41, 5.74) is 1.53. The molecule has 0 aliphatic carbocycles. The molecule has 0 aromatic heterocycles. The summed E-state index contributed by atoms with van der Waals surface area (Å²) in [6.07, 6.45) is -3.09. The van der Waals surface area contributed by atoms with E-state index in [9.17, 15) is 13.6 Å². The minimum Gasteiger partial charge on any atom is -0.489 e. The third-order valence-corrected chi connectivity index (χ3v) is 3.62. The van der Waals surface area contributed by atoms with Crippen LogP contribution in [-0.4, -0.2) is 17.7 Å². The lowest BCUT2D eigenvalue weighted by Crippen LogP contribution is -2.10. The number of carbonyl (C=O) groups is 1. The van der Waals surface area contributed by atoms with Gasteiger partial charge in [-0.15, -0.1) is 0 Å². The Bertz CT molecular complexity index is 669. The van der Waals surface area contributed by atoms with Gasteiger partial charge in [-0.25, -0.2) is 8.78 Å². The number of hydrogen-bond donors (Lipinski definition) is 1. The predicted octanol–water partition coefficient (Wildman–Crippen LogP) is 4.76. The van der Waals surface area contributed by atoms with Crippen LogP contribution in [0.1, 0.15) is 42.6 Å². The molecule has 0 saturated carbocycles. The fourth-order valence-electron chi connectivity index (χ4n) is 2.34. The number of carboxylic acid groups (broad SMARTS) is 1. The van der Waals surface area contributed by atoms with Gasteiger partial charge in [0.2, 0.25) is 0 Å². The van der Waals surface area contributed by atoms with Crippen LogP contribution in [-0.2, 0) is 16.1 Å². The van der Waals surface area contributed by atoms with Gasteiger partial charge in [0, 0.05) is 12.2 Å². The van der Waals surface area contributed by atoms with Gasteiger partial charge in [-0.2, -0.15) is 0 Å². The van der Waals surface area contributed by atoms with E-state index in [4.69, 9.17) is 14.6 Å². The van der Waals surface area contributed by atoms with Gasteiger partial charge in [0.05, 0.1) is 12.5 Å². The Morgan fingerprint density at radius 1 is 1.04 bits per heavy atom. The summed E-state index contributed by atoms with van der Waals surface area (Å²) in [6, 6.07) is 13.0. The van der Waals surface area contributed by atoms with Crippen LogP contribution >= 0.6 is 0 Å². The Morgan fingerprint density at radius 2 is 1.64 bits per heavy atom. The van der Waals surface area contributed by atoms with Gasteiger partial charge in [-0.05, 0) is 30.2 Å². The molecule has 0 saturated heterocycles. The molecule has 134 valence electrons. The third kappa shape index (κ3) is 5.83. The number of rotatable bonds is 9. The van der Waals surface area contributed by atoms with Crippen LogP contribution in [0.3, 0.4) is 0 Å². The van der Waals surface area contributed by atoms with Crippen molar-refractivity contribution in [2.24, 2.45) is 0 Å². The Labute approximate surface area is 145 Å². The second kappa shape index (κ2) is 9.13. The van der Waals surface area contributed by atoms with Crippen molar-refractivity contribution in [3.8, 4) is 5.75 Å². The van der Waals surface area contributed by atoms with Gasteiger partial charge < -0.3 is 14.6 Å². The molecule has 0 amide bonds. The Hall–Kier alpha value is -2.47. The molecule has 4 nitrogen and oxygen atoms in total. The van der Waals surface area contributed by atoms with Gasteiger partial charge >= 0.3 is 5.97 Å². The van der Waals surface area contributed by atoms with Crippen molar-refractivity contribution < 1.29 is 28.2 Å². The average molecular weight is 350 g/mol. The molecule has 1 atom stereocenters. The van der Waals surface area contributed by atoms with E-state index < -0.39 is 18.5 Å². The van der Waals surface area contributed by atoms with Gasteiger partial charge in [0.25, 0.3) is 6.43 Å². The zero-order valence-electron chi connectivity index (χ0n) is 13.8.